The molecule has 0 bridgehead atoms. The van der Waals surface area contributed by atoms with Crippen LogP contribution in [0.1, 0.15) is 38.9 Å². The average molecular weight is 610 g/mol. The van der Waals surface area contributed by atoms with Gasteiger partial charge in [0.1, 0.15) is 11.5 Å². The van der Waals surface area contributed by atoms with E-state index in [1.807, 2.05) is 35.1 Å². The molecule has 0 fully saturated rings. The van der Waals surface area contributed by atoms with Gasteiger partial charge in [0.2, 0.25) is 0 Å². The van der Waals surface area contributed by atoms with Crippen LogP contribution in [0.2, 0.25) is 0 Å². The van der Waals surface area contributed by atoms with Gasteiger partial charge in [0.05, 0.1) is 12.7 Å². The van der Waals surface area contributed by atoms with Crippen LogP contribution >= 0.6 is 0 Å². The summed E-state index contributed by atoms with van der Waals surface area (Å²) in [5, 5.41) is 9.33. The zero-order valence-electron chi connectivity index (χ0n) is 25.7. The van der Waals surface area contributed by atoms with E-state index in [2.05, 4.69) is 133 Å². The van der Waals surface area contributed by atoms with Crippen molar-refractivity contribution in [1.29, 1.82) is 0 Å². The summed E-state index contributed by atoms with van der Waals surface area (Å²) < 4.78 is 15.5. The Hall–Kier alpha value is -6.13. The van der Waals surface area contributed by atoms with E-state index in [1.165, 1.54) is 12.1 Å². The highest BCUT2D eigenvalue weighted by Gasteiger charge is 2.21. The summed E-state index contributed by atoms with van der Waals surface area (Å²) in [5.74, 6) is -0.260. The van der Waals surface area contributed by atoms with Gasteiger partial charge in [0.15, 0.2) is 0 Å². The lowest BCUT2D eigenvalue weighted by Gasteiger charge is -2.19. The van der Waals surface area contributed by atoms with E-state index >= 15 is 0 Å². The first-order chi connectivity index (χ1) is 23.2. The number of nitrogens with zero attached hydrogens (tertiary/aromatic N) is 3. The van der Waals surface area contributed by atoms with Crippen LogP contribution in [0, 0.1) is 5.82 Å². The molecule has 7 rings (SSSR count). The largest absolute Gasteiger partial charge is 0.247 e. The highest BCUT2D eigenvalue weighted by molar-refractivity contribution is 6.03. The summed E-state index contributed by atoms with van der Waals surface area (Å²) >= 11 is 0. The van der Waals surface area contributed by atoms with Gasteiger partial charge in [0.25, 0.3) is 0 Å². The quantitative estimate of drug-likeness (QED) is 0.153. The third-order valence-corrected chi connectivity index (χ3v) is 8.09. The molecule has 1 aromatic heterocycles. The zero-order valence-corrected chi connectivity index (χ0v) is 25.7. The monoisotopic (exact) mass is 609 g/mol. The van der Waals surface area contributed by atoms with Gasteiger partial charge in [-0.1, -0.05) is 157 Å². The number of halogens is 1. The highest BCUT2D eigenvalue weighted by Crippen LogP contribution is 2.40. The molecule has 0 N–H and O–H groups in total. The standard InChI is InChI=1S/C43H32FN3/c44-37-26-24-34(25-27-37)30-47-31-42(45-46-47)43-38(40(35-18-9-3-10-19-35)28-32-14-5-1-6-15-32)22-13-23-39(43)41(36-20-11-4-12-21-36)29-33-16-7-2-8-17-33/h1-29,31H,30H2/b40-28+,41-29+. The Morgan fingerprint density at radius 3 is 1.49 bits per heavy atom. The van der Waals surface area contributed by atoms with Crippen LogP contribution in [0.3, 0.4) is 0 Å². The van der Waals surface area contributed by atoms with Crippen molar-refractivity contribution in [3.8, 4) is 11.3 Å². The molecule has 1 heterocycles. The predicted octanol–water partition coefficient (Wildman–Crippen LogP) is 10.3. The molecule has 0 aliphatic carbocycles. The molecule has 3 nitrogen and oxygen atoms in total. The van der Waals surface area contributed by atoms with Gasteiger partial charge in [0, 0.05) is 5.56 Å². The van der Waals surface area contributed by atoms with Gasteiger partial charge < -0.3 is 0 Å². The predicted molar refractivity (Wildman–Crippen MR) is 191 cm³/mol. The van der Waals surface area contributed by atoms with Crippen LogP contribution in [0.4, 0.5) is 4.39 Å². The van der Waals surface area contributed by atoms with Crippen LogP contribution in [0.25, 0.3) is 34.6 Å². The smallest absolute Gasteiger partial charge is 0.123 e. The van der Waals surface area contributed by atoms with Gasteiger partial charge in [-0.2, -0.15) is 0 Å². The fourth-order valence-corrected chi connectivity index (χ4v) is 5.84. The first-order valence-corrected chi connectivity index (χ1v) is 15.6. The Bertz CT molecular complexity index is 2020. The molecule has 47 heavy (non-hydrogen) atoms. The zero-order chi connectivity index (χ0) is 31.8. The van der Waals surface area contributed by atoms with Gasteiger partial charge >= 0.3 is 0 Å². The van der Waals surface area contributed by atoms with Gasteiger partial charge in [-0.25, -0.2) is 9.07 Å². The molecule has 226 valence electrons. The van der Waals surface area contributed by atoms with Crippen molar-refractivity contribution in [2.45, 2.75) is 6.54 Å². The van der Waals surface area contributed by atoms with E-state index in [0.29, 0.717) is 6.54 Å². The van der Waals surface area contributed by atoms with Crippen LogP contribution in [-0.2, 0) is 6.54 Å². The fourth-order valence-electron chi connectivity index (χ4n) is 5.84. The van der Waals surface area contributed by atoms with Crippen LogP contribution in [-0.4, -0.2) is 15.0 Å². The average Bonchev–Trinajstić information content (AvgIpc) is 3.60. The molecule has 6 aromatic carbocycles. The normalized spacial score (nSPS) is 11.9. The Morgan fingerprint density at radius 2 is 1.00 bits per heavy atom. The van der Waals surface area contributed by atoms with Crippen molar-refractivity contribution < 1.29 is 4.39 Å². The molecular weight excluding hydrogens is 577 g/mol. The SMILES string of the molecule is Fc1ccc(Cn2cc(-c3c(/C(=C/c4ccccc4)c4ccccc4)cccc3/C(=C/c3ccccc3)c3ccccc3)nn2)cc1. The lowest BCUT2D eigenvalue weighted by Crippen LogP contribution is -2.00. The highest BCUT2D eigenvalue weighted by atomic mass is 19.1. The minimum atomic E-state index is -0.260. The molecule has 0 unspecified atom stereocenters. The third-order valence-electron chi connectivity index (χ3n) is 8.09. The second-order valence-electron chi connectivity index (χ2n) is 11.3. The first kappa shape index (κ1) is 29.6. The third kappa shape index (κ3) is 6.92. The first-order valence-electron chi connectivity index (χ1n) is 15.6. The molecule has 7 aromatic rings. The van der Waals surface area contributed by atoms with Crippen LogP contribution in [0.15, 0.2) is 170 Å². The molecule has 0 radical (unpaired) electrons. The number of aromatic nitrogens is 3. The lowest BCUT2D eigenvalue weighted by molar-refractivity contribution is 0.621. The minimum absolute atomic E-state index is 0.260. The maximum atomic E-state index is 13.6. The number of benzene rings is 6. The number of hydrogen-bond donors (Lipinski definition) is 0. The van der Waals surface area contributed by atoms with Crippen molar-refractivity contribution in [2.75, 3.05) is 0 Å². The Balaban J connectivity index is 1.48. The van der Waals surface area contributed by atoms with Gasteiger partial charge in [-0.05, 0) is 74.4 Å². The van der Waals surface area contributed by atoms with Crippen molar-refractivity contribution in [1.82, 2.24) is 15.0 Å². The Morgan fingerprint density at radius 1 is 0.532 bits per heavy atom. The number of hydrogen-bond acceptors (Lipinski definition) is 2. The molecule has 0 aliphatic rings. The lowest BCUT2D eigenvalue weighted by atomic mass is 9.84. The van der Waals surface area contributed by atoms with Crippen molar-refractivity contribution >= 4 is 23.3 Å². The summed E-state index contributed by atoms with van der Waals surface area (Å²) in [7, 11) is 0. The van der Waals surface area contributed by atoms with E-state index in [0.717, 1.165) is 61.3 Å². The maximum Gasteiger partial charge on any atom is 0.123 e. The van der Waals surface area contributed by atoms with Crippen molar-refractivity contribution in [3.63, 3.8) is 0 Å². The van der Waals surface area contributed by atoms with E-state index in [9.17, 15) is 4.39 Å². The van der Waals surface area contributed by atoms with E-state index in [-0.39, 0.29) is 5.82 Å². The van der Waals surface area contributed by atoms with Gasteiger partial charge in [-0.15, -0.1) is 5.10 Å². The molecule has 0 spiro atoms. The van der Waals surface area contributed by atoms with Crippen molar-refractivity contribution in [2.24, 2.45) is 0 Å². The number of rotatable bonds is 9. The molecular formula is C43H32FN3. The topological polar surface area (TPSA) is 30.7 Å². The molecule has 0 amide bonds. The summed E-state index contributed by atoms with van der Waals surface area (Å²) in [6.45, 7) is 0.474. The fraction of sp³-hybridized carbons (Fsp3) is 0.0233. The molecule has 0 saturated heterocycles. The van der Waals surface area contributed by atoms with E-state index in [4.69, 9.17) is 5.10 Å². The second kappa shape index (κ2) is 13.9. The molecule has 4 heteroatoms. The summed E-state index contributed by atoms with van der Waals surface area (Å²) in [5.41, 5.74) is 11.3. The summed E-state index contributed by atoms with van der Waals surface area (Å²) in [6, 6.07) is 54.7. The summed E-state index contributed by atoms with van der Waals surface area (Å²) in [4.78, 5) is 0. The van der Waals surface area contributed by atoms with Crippen LogP contribution < -0.4 is 0 Å². The van der Waals surface area contributed by atoms with E-state index in [1.54, 1.807) is 12.1 Å². The second-order valence-corrected chi connectivity index (χ2v) is 11.3. The Labute approximate surface area is 274 Å². The minimum Gasteiger partial charge on any atom is -0.247 e. The maximum absolute atomic E-state index is 13.6. The summed E-state index contributed by atoms with van der Waals surface area (Å²) in [6.07, 6.45) is 6.47. The molecule has 0 saturated carbocycles. The molecule has 0 aliphatic heterocycles. The van der Waals surface area contributed by atoms with Crippen molar-refractivity contribution in [3.05, 3.63) is 215 Å². The van der Waals surface area contributed by atoms with Gasteiger partial charge in [-0.3, -0.25) is 0 Å². The van der Waals surface area contributed by atoms with E-state index < -0.39 is 0 Å². The Kier molecular flexibility index (Phi) is 8.74. The van der Waals surface area contributed by atoms with Crippen LogP contribution in [0.5, 0.6) is 0 Å². The molecule has 0 atom stereocenters.